The number of alkyl halides is 3. The van der Waals surface area contributed by atoms with Crippen molar-refractivity contribution in [1.29, 1.82) is 0 Å². The lowest BCUT2D eigenvalue weighted by Crippen LogP contribution is -2.30. The maximum absolute atomic E-state index is 13.9. The molecule has 1 aliphatic heterocycles. The smallest absolute Gasteiger partial charge is 0.493 e. The van der Waals surface area contributed by atoms with E-state index in [4.69, 9.17) is 4.74 Å². The Morgan fingerprint density at radius 3 is 2.59 bits per heavy atom. The van der Waals surface area contributed by atoms with Crippen LogP contribution < -0.4 is 9.46 Å². The molecule has 0 spiro atoms. The summed E-state index contributed by atoms with van der Waals surface area (Å²) in [7, 11) is -5.71. The number of benzene rings is 2. The number of ether oxygens (including phenoxy) is 1. The highest BCUT2D eigenvalue weighted by atomic mass is 32.2. The number of hydrogen-bond acceptors (Lipinski definition) is 5. The summed E-state index contributed by atoms with van der Waals surface area (Å²) in [6.45, 7) is 2.07. The van der Waals surface area contributed by atoms with Crippen LogP contribution in [0.25, 0.3) is 11.1 Å². The van der Waals surface area contributed by atoms with E-state index in [2.05, 4.69) is 4.98 Å². The van der Waals surface area contributed by atoms with Crippen molar-refractivity contribution in [2.45, 2.75) is 24.5 Å². The fraction of sp³-hybridized carbons (Fsp3) is 0.261. The second-order valence-corrected chi connectivity index (χ2v) is 9.63. The third-order valence-corrected chi connectivity index (χ3v) is 6.91. The summed E-state index contributed by atoms with van der Waals surface area (Å²) in [5.74, 6) is -0.941. The number of fused-ring (bicyclic) bond motifs is 1. The van der Waals surface area contributed by atoms with Crippen molar-refractivity contribution < 1.29 is 35.8 Å². The van der Waals surface area contributed by atoms with Crippen LogP contribution >= 0.6 is 0 Å². The third-order valence-electron chi connectivity index (χ3n) is 5.81. The van der Waals surface area contributed by atoms with Crippen LogP contribution in [-0.2, 0) is 10.0 Å². The Kier molecular flexibility index (Phi) is 6.26. The van der Waals surface area contributed by atoms with E-state index < -0.39 is 33.1 Å². The number of aliphatic hydroxyl groups is 1. The first-order chi connectivity index (χ1) is 16.0. The molecular formula is C23H20F4N2O4S. The molecule has 2 heterocycles. The second-order valence-electron chi connectivity index (χ2n) is 7.96. The van der Waals surface area contributed by atoms with Crippen molar-refractivity contribution in [3.05, 3.63) is 77.9 Å². The highest BCUT2D eigenvalue weighted by Crippen LogP contribution is 2.44. The average Bonchev–Trinajstić information content (AvgIpc) is 2.79. The summed E-state index contributed by atoms with van der Waals surface area (Å²) in [4.78, 5) is 4.32. The Morgan fingerprint density at radius 2 is 1.91 bits per heavy atom. The molecule has 0 radical (unpaired) electrons. The van der Waals surface area contributed by atoms with Gasteiger partial charge in [-0.15, -0.1) is 0 Å². The highest BCUT2D eigenvalue weighted by Gasteiger charge is 2.46. The molecule has 1 aliphatic rings. The van der Waals surface area contributed by atoms with E-state index in [-0.39, 0.29) is 35.3 Å². The predicted molar refractivity (Wildman–Crippen MR) is 117 cm³/mol. The number of nitrogens with one attached hydrogen (secondary N) is 1. The van der Waals surface area contributed by atoms with Gasteiger partial charge in [0.05, 0.1) is 18.4 Å². The second kappa shape index (κ2) is 8.88. The molecule has 180 valence electrons. The number of hydrogen-bond donors (Lipinski definition) is 2. The van der Waals surface area contributed by atoms with Gasteiger partial charge in [-0.3, -0.25) is 9.71 Å². The molecule has 0 saturated carbocycles. The lowest BCUT2D eigenvalue weighted by molar-refractivity contribution is -0.0429. The van der Waals surface area contributed by atoms with Gasteiger partial charge in [0.25, 0.3) is 0 Å². The number of nitrogens with zero attached hydrogens (tertiary/aromatic N) is 1. The maximum Gasteiger partial charge on any atom is 0.516 e. The molecule has 0 saturated heterocycles. The molecule has 6 nitrogen and oxygen atoms in total. The summed E-state index contributed by atoms with van der Waals surface area (Å²) in [5.41, 5.74) is -4.65. The quantitative estimate of drug-likeness (QED) is 0.486. The molecule has 4 rings (SSSR count). The standard InChI is InChI=1S/C23H20F4N2O4S/c1-13(19-4-2-3-9-28-19)18-12-33-21-10-14(5-7-16(21)22(18)30)17-11-15(24)6-8-20(17)29-34(31,32)23(25,26)27/h2-11,13,18,22,29-30H,12H2,1H3/t13?,18-,22+/m0/s1. The van der Waals surface area contributed by atoms with Crippen LogP contribution in [-0.4, -0.2) is 30.6 Å². The van der Waals surface area contributed by atoms with E-state index in [1.54, 1.807) is 12.3 Å². The Bertz CT molecular complexity index is 1300. The number of sulfonamides is 1. The zero-order valence-corrected chi connectivity index (χ0v) is 18.6. The Morgan fingerprint density at radius 1 is 1.15 bits per heavy atom. The minimum absolute atomic E-state index is 0.113. The molecule has 0 fully saturated rings. The van der Waals surface area contributed by atoms with E-state index in [1.165, 1.54) is 22.9 Å². The van der Waals surface area contributed by atoms with Crippen molar-refractivity contribution in [2.75, 3.05) is 11.3 Å². The van der Waals surface area contributed by atoms with Crippen LogP contribution in [0.15, 0.2) is 60.8 Å². The molecule has 0 bridgehead atoms. The maximum atomic E-state index is 13.9. The van der Waals surface area contributed by atoms with E-state index >= 15 is 0 Å². The number of halogens is 4. The number of aliphatic hydroxyl groups excluding tert-OH is 1. The first-order valence-corrected chi connectivity index (χ1v) is 11.7. The van der Waals surface area contributed by atoms with Crippen LogP contribution in [0.5, 0.6) is 5.75 Å². The Balaban J connectivity index is 1.67. The van der Waals surface area contributed by atoms with Crippen molar-refractivity contribution in [3.8, 4) is 16.9 Å². The van der Waals surface area contributed by atoms with Crippen LogP contribution in [0.4, 0.5) is 23.2 Å². The molecule has 1 aromatic heterocycles. The van der Waals surface area contributed by atoms with Gasteiger partial charge in [0.1, 0.15) is 11.6 Å². The number of rotatable bonds is 5. The van der Waals surface area contributed by atoms with Gasteiger partial charge >= 0.3 is 15.5 Å². The van der Waals surface area contributed by atoms with E-state index in [1.807, 2.05) is 19.1 Å². The predicted octanol–water partition coefficient (Wildman–Crippen LogP) is 4.99. The highest BCUT2D eigenvalue weighted by molar-refractivity contribution is 7.93. The van der Waals surface area contributed by atoms with Gasteiger partial charge in [0.15, 0.2) is 0 Å². The van der Waals surface area contributed by atoms with Crippen molar-refractivity contribution in [1.82, 2.24) is 4.98 Å². The largest absolute Gasteiger partial charge is 0.516 e. The molecule has 3 atom stereocenters. The van der Waals surface area contributed by atoms with Crippen molar-refractivity contribution >= 4 is 15.7 Å². The fourth-order valence-corrected chi connectivity index (χ4v) is 4.49. The topological polar surface area (TPSA) is 88.5 Å². The molecule has 1 unspecified atom stereocenters. The van der Waals surface area contributed by atoms with Crippen LogP contribution in [0, 0.1) is 11.7 Å². The summed E-state index contributed by atoms with van der Waals surface area (Å²) >= 11 is 0. The van der Waals surface area contributed by atoms with Gasteiger partial charge in [-0.25, -0.2) is 4.39 Å². The Labute approximate surface area is 193 Å². The van der Waals surface area contributed by atoms with Crippen LogP contribution in [0.2, 0.25) is 0 Å². The summed E-state index contributed by atoms with van der Waals surface area (Å²) < 4.78 is 83.0. The fourth-order valence-electron chi connectivity index (χ4n) is 3.91. The lowest BCUT2D eigenvalue weighted by atomic mass is 9.82. The first kappa shape index (κ1) is 24.0. The molecule has 2 N–H and O–H groups in total. The third kappa shape index (κ3) is 4.58. The van der Waals surface area contributed by atoms with Gasteiger partial charge in [-0.05, 0) is 42.0 Å². The van der Waals surface area contributed by atoms with Gasteiger partial charge in [-0.1, -0.05) is 25.1 Å². The number of anilines is 1. The lowest BCUT2D eigenvalue weighted by Gasteiger charge is -2.34. The summed E-state index contributed by atoms with van der Waals surface area (Å²) in [5, 5.41) is 11.0. The molecule has 0 aliphatic carbocycles. The summed E-state index contributed by atoms with van der Waals surface area (Å²) in [6, 6.07) is 12.6. The molecule has 3 aromatic rings. The van der Waals surface area contributed by atoms with Gasteiger partial charge in [0, 0.05) is 34.9 Å². The zero-order chi connectivity index (χ0) is 24.7. The van der Waals surface area contributed by atoms with E-state index in [9.17, 15) is 31.1 Å². The van der Waals surface area contributed by atoms with Crippen LogP contribution in [0.3, 0.4) is 0 Å². The molecule has 34 heavy (non-hydrogen) atoms. The van der Waals surface area contributed by atoms with Gasteiger partial charge in [0.2, 0.25) is 0 Å². The Hall–Kier alpha value is -3.18. The molecule has 0 amide bonds. The number of pyridine rings is 1. The molecular weight excluding hydrogens is 476 g/mol. The SMILES string of the molecule is CC(c1ccccn1)[C@@H]1COc2cc(-c3cc(F)ccc3NS(=O)(=O)C(F)(F)F)ccc2[C@H]1O. The monoisotopic (exact) mass is 496 g/mol. The van der Waals surface area contributed by atoms with Crippen molar-refractivity contribution in [2.24, 2.45) is 5.92 Å². The number of aromatic nitrogens is 1. The van der Waals surface area contributed by atoms with E-state index in [0.29, 0.717) is 5.56 Å². The minimum Gasteiger partial charge on any atom is -0.493 e. The summed E-state index contributed by atoms with van der Waals surface area (Å²) in [6.07, 6.45) is 0.747. The average molecular weight is 496 g/mol. The molecule has 2 aromatic carbocycles. The van der Waals surface area contributed by atoms with Crippen molar-refractivity contribution in [3.63, 3.8) is 0 Å². The molecule has 11 heteroatoms. The van der Waals surface area contributed by atoms with E-state index in [0.717, 1.165) is 23.9 Å². The van der Waals surface area contributed by atoms with Gasteiger partial charge < -0.3 is 9.84 Å². The van der Waals surface area contributed by atoms with Crippen LogP contribution in [0.1, 0.15) is 30.2 Å². The van der Waals surface area contributed by atoms with Gasteiger partial charge in [-0.2, -0.15) is 21.6 Å². The normalized spacial score (nSPS) is 19.1. The first-order valence-electron chi connectivity index (χ1n) is 10.2. The minimum atomic E-state index is -5.71. The zero-order valence-electron chi connectivity index (χ0n) is 17.8.